The van der Waals surface area contributed by atoms with Crippen molar-refractivity contribution in [1.82, 2.24) is 61.5 Å². The van der Waals surface area contributed by atoms with Crippen LogP contribution in [0.5, 0.6) is 0 Å². The van der Waals surface area contributed by atoms with Gasteiger partial charge in [0.25, 0.3) is 27.9 Å². The van der Waals surface area contributed by atoms with Crippen molar-refractivity contribution in [1.29, 1.82) is 0 Å². The molecule has 0 spiro atoms. The van der Waals surface area contributed by atoms with Gasteiger partial charge in [-0.1, -0.05) is 44.2 Å². The number of carbonyl (C=O) groups is 5. The lowest BCUT2D eigenvalue weighted by Crippen LogP contribution is -2.40. The number of aliphatic hydroxyl groups is 1. The van der Waals surface area contributed by atoms with E-state index in [4.69, 9.17) is 29.8 Å². The van der Waals surface area contributed by atoms with E-state index in [0.29, 0.717) is 68.7 Å². The van der Waals surface area contributed by atoms with Crippen molar-refractivity contribution in [2.45, 2.75) is 58.0 Å². The molecule has 10 bridgehead atoms. The van der Waals surface area contributed by atoms with E-state index in [1.165, 1.54) is 42.2 Å². The Morgan fingerprint density at radius 3 is 2.18 bits per heavy atom. The highest BCUT2D eigenvalue weighted by molar-refractivity contribution is 7.90. The quantitative estimate of drug-likeness (QED) is 0.0787. The maximum atomic E-state index is 14.2. The van der Waals surface area contributed by atoms with E-state index in [-0.39, 0.29) is 46.9 Å². The number of hydrogen-bond donors (Lipinski definition) is 8. The lowest BCUT2D eigenvalue weighted by molar-refractivity contribution is -0.122. The molecule has 4 atom stereocenters. The molecule has 8 heterocycles. The number of aliphatic hydroxyl groups excluding tert-OH is 1. The number of fused-ring (bicyclic) bond motifs is 14. The predicted molar refractivity (Wildman–Crippen MR) is 294 cm³/mol. The highest BCUT2D eigenvalue weighted by Gasteiger charge is 2.33. The Morgan fingerprint density at radius 2 is 1.44 bits per heavy atom. The molecule has 1 aromatic carbocycles. The van der Waals surface area contributed by atoms with Gasteiger partial charge in [0.2, 0.25) is 11.8 Å². The number of benzene rings is 1. The average Bonchev–Trinajstić information content (AvgIpc) is 4.31. The van der Waals surface area contributed by atoms with Crippen LogP contribution in [0, 0.1) is 12.8 Å². The number of nitrogens with one attached hydrogen (secondary N) is 6. The number of nitrogens with two attached hydrogens (primary N) is 1. The van der Waals surface area contributed by atoms with E-state index in [9.17, 15) is 37.5 Å². The number of aryl methyl sites for hydroxylation is 1. The van der Waals surface area contributed by atoms with Gasteiger partial charge in [-0.15, -0.1) is 68.0 Å². The fourth-order valence-electron chi connectivity index (χ4n) is 7.78. The first-order valence-electron chi connectivity index (χ1n) is 23.1. The number of hydrogen-bond acceptors (Lipinski definition) is 22. The molecule has 0 unspecified atom stereocenters. The number of nitrogens with zero attached hydrogens (tertiary/aromatic N) is 7. The van der Waals surface area contributed by atoms with Crippen molar-refractivity contribution in [2.75, 3.05) is 25.4 Å². The molecule has 1 aliphatic rings. The van der Waals surface area contributed by atoms with Gasteiger partial charge in [0.15, 0.2) is 5.82 Å². The predicted octanol–water partition coefficient (Wildman–Crippen LogP) is 5.93. The van der Waals surface area contributed by atoms with Crippen LogP contribution in [0.25, 0.3) is 43.4 Å². The zero-order valence-corrected chi connectivity index (χ0v) is 46.9. The minimum Gasteiger partial charge on any atom is -0.386 e. The molecule has 1 aliphatic heterocycles. The highest BCUT2D eigenvalue weighted by atomic mass is 32.2. The number of pyridine rings is 1. The van der Waals surface area contributed by atoms with E-state index < -0.39 is 70.5 Å². The van der Waals surface area contributed by atoms with Crippen LogP contribution < -0.4 is 36.4 Å². The fourth-order valence-corrected chi connectivity index (χ4v) is 13.7. The molecule has 7 aromatic heterocycles. The molecular weight excluding hydrogens is 1130 g/mol. The number of thiazole rings is 6. The van der Waals surface area contributed by atoms with Crippen LogP contribution in [0.15, 0.2) is 64.0 Å². The van der Waals surface area contributed by atoms with Crippen molar-refractivity contribution in [3.63, 3.8) is 0 Å². The molecule has 0 fully saturated rings. The Labute approximate surface area is 463 Å². The second kappa shape index (κ2) is 23.4. The first kappa shape index (κ1) is 54.9. The van der Waals surface area contributed by atoms with Gasteiger partial charge in [0.05, 0.1) is 42.2 Å². The van der Waals surface area contributed by atoms with E-state index in [1.54, 1.807) is 65.5 Å². The zero-order chi connectivity index (χ0) is 54.7. The summed E-state index contributed by atoms with van der Waals surface area (Å²) in [4.78, 5) is 103. The number of aromatic nitrogens is 7. The molecule has 400 valence electrons. The van der Waals surface area contributed by atoms with Crippen molar-refractivity contribution in [3.05, 3.63) is 111 Å². The Kier molecular flexibility index (Phi) is 16.7. The van der Waals surface area contributed by atoms with Gasteiger partial charge in [0.1, 0.15) is 76.4 Å². The fraction of sp³-hybridized carbons (Fsp3) is 0.277. The summed E-state index contributed by atoms with van der Waals surface area (Å²) in [5.74, 6) is -3.18. The van der Waals surface area contributed by atoms with Gasteiger partial charge in [0, 0.05) is 46.1 Å². The molecule has 0 saturated heterocycles. The maximum Gasteiger partial charge on any atom is 0.297 e. The summed E-state index contributed by atoms with van der Waals surface area (Å²) in [7, 11) is -1.20. The van der Waals surface area contributed by atoms with Gasteiger partial charge < -0.3 is 36.4 Å². The lowest BCUT2D eigenvalue weighted by atomic mass is 10.0. The Hall–Kier alpha value is -6.87. The summed E-state index contributed by atoms with van der Waals surface area (Å²) in [5.41, 5.74) is 2.46. The number of amides is 5. The summed E-state index contributed by atoms with van der Waals surface area (Å²) in [5, 5.41) is 39.7. The van der Waals surface area contributed by atoms with Crippen molar-refractivity contribution in [2.24, 2.45) is 11.1 Å². The van der Waals surface area contributed by atoms with Crippen LogP contribution in [-0.2, 0) is 31.1 Å². The summed E-state index contributed by atoms with van der Waals surface area (Å²) in [6, 6.07) is 9.30. The minimum absolute atomic E-state index is 0.000237. The van der Waals surface area contributed by atoms with E-state index >= 15 is 0 Å². The third-order valence-electron chi connectivity index (χ3n) is 11.5. The first-order chi connectivity index (χ1) is 36.9. The molecule has 8 aromatic rings. The molecule has 9 N–H and O–H groups in total. The molecule has 0 aliphatic carbocycles. The standard InChI is InChI=1S/C47H46N14O9S7/c1-20(2)33-47-60-36(29(76-47)15-70-5)40(66)50-14-32(63)57-37(38(64)22-9-7-6-8-10-22)46-55-28(18-73-46)44-53-26(16-72-44)35-23(11-12-24(51-35)43-56-30(19-74-43)61-77(48,68)69)42-54-27(17-71-42)39(65)52-25(13-31(62)49-4)45-59-34(21(3)75-45)41(67)58-33/h6-12,16-20,25,33,37-38,61,64H,13-15H2,1-5H3,(H,49,62)(H,50,66)(H,52,65)(H,57,63)(H,58,67)(H2,48,68,69)/t25-,33+,37-,38-/m0/s1. The van der Waals surface area contributed by atoms with Crippen LogP contribution in [0.4, 0.5) is 5.82 Å². The van der Waals surface area contributed by atoms with Crippen molar-refractivity contribution in [3.8, 4) is 43.4 Å². The van der Waals surface area contributed by atoms with Gasteiger partial charge in [-0.25, -0.2) is 40.0 Å². The number of anilines is 1. The average molecular weight is 1180 g/mol. The topological polar surface area (TPSA) is 337 Å². The van der Waals surface area contributed by atoms with Crippen molar-refractivity contribution < 1.29 is 42.2 Å². The van der Waals surface area contributed by atoms with Crippen LogP contribution >= 0.6 is 68.0 Å². The summed E-state index contributed by atoms with van der Waals surface area (Å²) in [6.07, 6.45) is -1.51. The van der Waals surface area contributed by atoms with Gasteiger partial charge in [-0.2, -0.15) is 8.42 Å². The van der Waals surface area contributed by atoms with Gasteiger partial charge in [-0.3, -0.25) is 28.7 Å². The second-order valence-electron chi connectivity index (χ2n) is 17.3. The smallest absolute Gasteiger partial charge is 0.297 e. The largest absolute Gasteiger partial charge is 0.386 e. The van der Waals surface area contributed by atoms with Crippen molar-refractivity contribution >= 4 is 114 Å². The van der Waals surface area contributed by atoms with Crippen LogP contribution in [-0.4, -0.2) is 98.7 Å². The Bertz CT molecular complexity index is 3630. The molecule has 0 radical (unpaired) electrons. The third kappa shape index (κ3) is 12.6. The SMILES string of the molecule is CNC(=O)C[C@@H]1NC(=O)c2csc(n2)-c2ccc(-c3nc(NS(N)(=O)=O)cs3)nc2-c2csc(n2)-c2csc(n2)[C@H]([C@@H](O)c2ccccc2)NC(=O)CNC(=O)c2nc(sc2COC)[C@@H](C(C)C)NC(=O)c2nc1sc2C. The Morgan fingerprint density at radius 1 is 0.740 bits per heavy atom. The van der Waals surface area contributed by atoms with Gasteiger partial charge in [-0.05, 0) is 30.5 Å². The number of methoxy groups -OCH3 is 1. The minimum atomic E-state index is -4.13. The van der Waals surface area contributed by atoms with E-state index in [2.05, 4.69) is 46.3 Å². The molecule has 77 heavy (non-hydrogen) atoms. The molecule has 5 amide bonds. The van der Waals surface area contributed by atoms with E-state index in [0.717, 1.165) is 45.3 Å². The van der Waals surface area contributed by atoms with E-state index in [1.807, 2.05) is 13.8 Å². The number of ether oxygens (including phenoxy) is 1. The molecule has 9 rings (SSSR count). The second-order valence-corrected chi connectivity index (χ2v) is 24.4. The molecule has 30 heteroatoms. The molecule has 23 nitrogen and oxygen atoms in total. The Balaban J connectivity index is 1.14. The van der Waals surface area contributed by atoms with Crippen LogP contribution in [0.2, 0.25) is 0 Å². The third-order valence-corrected chi connectivity index (χ3v) is 17.7. The van der Waals surface area contributed by atoms with Crippen LogP contribution in [0.3, 0.4) is 0 Å². The number of carbonyl (C=O) groups excluding carboxylic acids is 5. The summed E-state index contributed by atoms with van der Waals surface area (Å²) < 4.78 is 31.2. The monoisotopic (exact) mass is 1170 g/mol. The first-order valence-corrected chi connectivity index (χ1v) is 29.8. The summed E-state index contributed by atoms with van der Waals surface area (Å²) in [6.45, 7) is 4.93. The number of rotatable bonds is 10. The molecule has 0 saturated carbocycles. The highest BCUT2D eigenvalue weighted by Crippen LogP contribution is 2.40. The van der Waals surface area contributed by atoms with Crippen LogP contribution in [0.1, 0.15) is 106 Å². The normalized spacial score (nSPS) is 17.0. The van der Waals surface area contributed by atoms with Gasteiger partial charge >= 0.3 is 0 Å². The zero-order valence-electron chi connectivity index (χ0n) is 41.1. The summed E-state index contributed by atoms with van der Waals surface area (Å²) >= 11 is 6.97. The maximum absolute atomic E-state index is 14.2. The molecular formula is C47H46N14O9S7. The lowest BCUT2D eigenvalue weighted by Gasteiger charge is -2.23.